The molecule has 0 aromatic rings. The minimum atomic E-state index is -1.24. The lowest BCUT2D eigenvalue weighted by atomic mass is 9.97. The standard InChI is InChI=1S/C7H13FO2/c1-4(2)6(8)5(3)7(9)10/h4-6H,1-3H3,(H,9,10). The summed E-state index contributed by atoms with van der Waals surface area (Å²) in [4.78, 5) is 10.2. The summed E-state index contributed by atoms with van der Waals surface area (Å²) in [6.45, 7) is 4.72. The molecule has 0 aliphatic heterocycles. The summed E-state index contributed by atoms with van der Waals surface area (Å²) in [6.07, 6.45) is -1.24. The van der Waals surface area contributed by atoms with Gasteiger partial charge in [-0.1, -0.05) is 13.8 Å². The van der Waals surface area contributed by atoms with Crippen molar-refractivity contribution in [3.63, 3.8) is 0 Å². The maximum absolute atomic E-state index is 12.8. The van der Waals surface area contributed by atoms with E-state index in [4.69, 9.17) is 5.11 Å². The van der Waals surface area contributed by atoms with Gasteiger partial charge in [0.1, 0.15) is 6.17 Å². The molecule has 0 aromatic heterocycles. The van der Waals surface area contributed by atoms with E-state index >= 15 is 0 Å². The van der Waals surface area contributed by atoms with Crippen molar-refractivity contribution in [2.24, 2.45) is 11.8 Å². The van der Waals surface area contributed by atoms with Gasteiger partial charge in [-0.05, 0) is 12.8 Å². The molecule has 0 amide bonds. The minimum Gasteiger partial charge on any atom is -0.481 e. The van der Waals surface area contributed by atoms with Crippen LogP contribution in [0.5, 0.6) is 0 Å². The Balaban J connectivity index is 3.94. The van der Waals surface area contributed by atoms with E-state index in [1.807, 2.05) is 0 Å². The maximum atomic E-state index is 12.8. The average Bonchev–Trinajstić information content (AvgIpc) is 1.84. The van der Waals surface area contributed by atoms with Crippen molar-refractivity contribution in [2.75, 3.05) is 0 Å². The van der Waals surface area contributed by atoms with Crippen LogP contribution in [0.1, 0.15) is 20.8 Å². The fourth-order valence-electron chi connectivity index (χ4n) is 0.714. The van der Waals surface area contributed by atoms with E-state index in [0.29, 0.717) is 0 Å². The molecule has 0 fully saturated rings. The molecule has 0 rings (SSSR count). The Morgan fingerprint density at radius 3 is 1.90 bits per heavy atom. The van der Waals surface area contributed by atoms with Crippen LogP contribution in [0.3, 0.4) is 0 Å². The topological polar surface area (TPSA) is 37.3 Å². The summed E-state index contributed by atoms with van der Waals surface area (Å²) in [6, 6.07) is 0. The van der Waals surface area contributed by atoms with Gasteiger partial charge in [-0.2, -0.15) is 0 Å². The molecule has 0 aliphatic carbocycles. The first-order valence-corrected chi connectivity index (χ1v) is 3.33. The maximum Gasteiger partial charge on any atom is 0.309 e. The molecule has 2 atom stereocenters. The van der Waals surface area contributed by atoms with Gasteiger partial charge in [0.2, 0.25) is 0 Å². The normalized spacial score (nSPS) is 16.9. The summed E-state index contributed by atoms with van der Waals surface area (Å²) in [5.41, 5.74) is 0. The lowest BCUT2D eigenvalue weighted by Crippen LogP contribution is -2.25. The van der Waals surface area contributed by atoms with E-state index in [-0.39, 0.29) is 5.92 Å². The zero-order chi connectivity index (χ0) is 8.31. The van der Waals surface area contributed by atoms with Crippen molar-refractivity contribution in [1.29, 1.82) is 0 Å². The predicted octanol–water partition coefficient (Wildman–Crippen LogP) is 1.70. The number of hydrogen-bond donors (Lipinski definition) is 1. The molecule has 0 radical (unpaired) electrons. The fraction of sp³-hybridized carbons (Fsp3) is 0.857. The first-order chi connectivity index (χ1) is 4.46. The van der Waals surface area contributed by atoms with Gasteiger partial charge < -0.3 is 5.11 Å². The number of alkyl halides is 1. The Hall–Kier alpha value is -0.600. The third-order valence-corrected chi connectivity index (χ3v) is 1.50. The Morgan fingerprint density at radius 2 is 1.80 bits per heavy atom. The Kier molecular flexibility index (Phi) is 3.33. The molecule has 2 nitrogen and oxygen atoms in total. The largest absolute Gasteiger partial charge is 0.481 e. The van der Waals surface area contributed by atoms with E-state index < -0.39 is 18.1 Å². The molecule has 0 aromatic carbocycles. The van der Waals surface area contributed by atoms with Crippen LogP contribution in [0.25, 0.3) is 0 Å². The van der Waals surface area contributed by atoms with E-state index in [1.54, 1.807) is 13.8 Å². The van der Waals surface area contributed by atoms with E-state index in [2.05, 4.69) is 0 Å². The lowest BCUT2D eigenvalue weighted by molar-refractivity contribution is -0.143. The van der Waals surface area contributed by atoms with Crippen LogP contribution in [-0.4, -0.2) is 17.2 Å². The van der Waals surface area contributed by atoms with Crippen LogP contribution in [0.2, 0.25) is 0 Å². The number of carboxylic acid groups (broad SMARTS) is 1. The summed E-state index contributed by atoms with van der Waals surface area (Å²) in [5, 5.41) is 8.36. The minimum absolute atomic E-state index is 0.217. The number of rotatable bonds is 3. The van der Waals surface area contributed by atoms with Crippen LogP contribution < -0.4 is 0 Å². The average molecular weight is 148 g/mol. The molecule has 0 heterocycles. The highest BCUT2D eigenvalue weighted by Gasteiger charge is 2.25. The Morgan fingerprint density at radius 1 is 1.40 bits per heavy atom. The molecule has 0 spiro atoms. The summed E-state index contributed by atoms with van der Waals surface area (Å²) < 4.78 is 12.8. The van der Waals surface area contributed by atoms with Gasteiger partial charge in [0.15, 0.2) is 0 Å². The van der Waals surface area contributed by atoms with Gasteiger partial charge in [0.25, 0.3) is 0 Å². The van der Waals surface area contributed by atoms with Crippen molar-refractivity contribution in [2.45, 2.75) is 26.9 Å². The number of hydrogen-bond acceptors (Lipinski definition) is 1. The Bertz CT molecular complexity index is 123. The smallest absolute Gasteiger partial charge is 0.309 e. The molecule has 0 aliphatic rings. The third kappa shape index (κ3) is 2.33. The molecular formula is C7H13FO2. The van der Waals surface area contributed by atoms with Crippen LogP contribution in [0.4, 0.5) is 4.39 Å². The number of carboxylic acids is 1. The SMILES string of the molecule is CC(C)C(F)C(C)C(=O)O. The molecule has 0 saturated carbocycles. The Labute approximate surface area is 60.1 Å². The highest BCUT2D eigenvalue weighted by Crippen LogP contribution is 2.16. The second kappa shape index (κ2) is 3.54. The highest BCUT2D eigenvalue weighted by molar-refractivity contribution is 5.70. The monoisotopic (exact) mass is 148 g/mol. The fourth-order valence-corrected chi connectivity index (χ4v) is 0.714. The van der Waals surface area contributed by atoms with Crippen LogP contribution in [0, 0.1) is 11.8 Å². The van der Waals surface area contributed by atoms with E-state index in [1.165, 1.54) is 6.92 Å². The van der Waals surface area contributed by atoms with Crippen molar-refractivity contribution in [3.05, 3.63) is 0 Å². The van der Waals surface area contributed by atoms with E-state index in [9.17, 15) is 9.18 Å². The first kappa shape index (κ1) is 9.40. The van der Waals surface area contributed by atoms with E-state index in [0.717, 1.165) is 0 Å². The zero-order valence-corrected chi connectivity index (χ0v) is 6.47. The van der Waals surface area contributed by atoms with Crippen molar-refractivity contribution in [1.82, 2.24) is 0 Å². The van der Waals surface area contributed by atoms with Gasteiger partial charge in [0.05, 0.1) is 5.92 Å². The number of halogens is 1. The number of aliphatic carboxylic acids is 1. The molecule has 1 N–H and O–H groups in total. The van der Waals surface area contributed by atoms with Gasteiger partial charge in [-0.25, -0.2) is 4.39 Å². The second-order valence-electron chi connectivity index (χ2n) is 2.82. The molecule has 10 heavy (non-hydrogen) atoms. The van der Waals surface area contributed by atoms with Gasteiger partial charge in [0, 0.05) is 0 Å². The molecule has 0 bridgehead atoms. The zero-order valence-electron chi connectivity index (χ0n) is 6.47. The summed E-state index contributed by atoms with van der Waals surface area (Å²) >= 11 is 0. The second-order valence-corrected chi connectivity index (χ2v) is 2.82. The lowest BCUT2D eigenvalue weighted by Gasteiger charge is -2.15. The molecule has 60 valence electrons. The molecule has 3 heteroatoms. The van der Waals surface area contributed by atoms with Crippen LogP contribution in [0.15, 0.2) is 0 Å². The van der Waals surface area contributed by atoms with Crippen molar-refractivity contribution < 1.29 is 14.3 Å². The van der Waals surface area contributed by atoms with Crippen LogP contribution >= 0.6 is 0 Å². The first-order valence-electron chi connectivity index (χ1n) is 3.33. The van der Waals surface area contributed by atoms with Gasteiger partial charge in [-0.15, -0.1) is 0 Å². The molecule has 2 unspecified atom stereocenters. The molecule has 0 saturated heterocycles. The van der Waals surface area contributed by atoms with Crippen molar-refractivity contribution in [3.8, 4) is 0 Å². The summed E-state index contributed by atoms with van der Waals surface area (Å²) in [7, 11) is 0. The van der Waals surface area contributed by atoms with Crippen molar-refractivity contribution >= 4 is 5.97 Å². The van der Waals surface area contributed by atoms with Gasteiger partial charge in [-0.3, -0.25) is 4.79 Å². The number of carbonyl (C=O) groups is 1. The molecular weight excluding hydrogens is 135 g/mol. The summed E-state index contributed by atoms with van der Waals surface area (Å²) in [5.74, 6) is -2.17. The van der Waals surface area contributed by atoms with Gasteiger partial charge >= 0.3 is 5.97 Å². The predicted molar refractivity (Wildman–Crippen MR) is 36.5 cm³/mol. The highest BCUT2D eigenvalue weighted by atomic mass is 19.1. The third-order valence-electron chi connectivity index (χ3n) is 1.50. The van der Waals surface area contributed by atoms with Crippen LogP contribution in [-0.2, 0) is 4.79 Å². The quantitative estimate of drug-likeness (QED) is 0.661.